The van der Waals surface area contributed by atoms with Gasteiger partial charge in [-0.1, -0.05) is 6.07 Å². The molecule has 0 atom stereocenters. The van der Waals surface area contributed by atoms with Crippen LogP contribution in [0.1, 0.15) is 5.69 Å². The molecular formula is C13H11N3O4S. The number of aromatic amines is 1. The van der Waals surface area contributed by atoms with Gasteiger partial charge in [-0.2, -0.15) is 0 Å². The van der Waals surface area contributed by atoms with Crippen molar-refractivity contribution in [2.24, 2.45) is 0 Å². The van der Waals surface area contributed by atoms with Gasteiger partial charge in [0.15, 0.2) is 5.58 Å². The molecule has 0 saturated carbocycles. The third-order valence-corrected chi connectivity index (χ3v) is 4.18. The Hall–Kier alpha value is -2.61. The van der Waals surface area contributed by atoms with Gasteiger partial charge in [-0.05, 0) is 37.3 Å². The summed E-state index contributed by atoms with van der Waals surface area (Å²) in [6, 6.07) is 9.14. The Balaban J connectivity index is 2.01. The lowest BCUT2D eigenvalue weighted by Crippen LogP contribution is -2.14. The third kappa shape index (κ3) is 2.65. The van der Waals surface area contributed by atoms with E-state index in [1.807, 2.05) is 0 Å². The van der Waals surface area contributed by atoms with Gasteiger partial charge in [0.2, 0.25) is 0 Å². The second-order valence-electron chi connectivity index (χ2n) is 4.44. The average molecular weight is 305 g/mol. The van der Waals surface area contributed by atoms with E-state index in [2.05, 4.69) is 14.7 Å². The lowest BCUT2D eigenvalue weighted by Gasteiger charge is -2.07. The van der Waals surface area contributed by atoms with Crippen molar-refractivity contribution in [1.82, 2.24) is 9.97 Å². The van der Waals surface area contributed by atoms with Crippen LogP contribution < -0.4 is 10.5 Å². The van der Waals surface area contributed by atoms with Crippen molar-refractivity contribution < 1.29 is 12.8 Å². The molecule has 1 aromatic carbocycles. The van der Waals surface area contributed by atoms with Crippen molar-refractivity contribution in [2.45, 2.75) is 11.8 Å². The molecule has 0 aliphatic carbocycles. The molecule has 0 amide bonds. The zero-order chi connectivity index (χ0) is 15.0. The largest absolute Gasteiger partial charge is 0.417 e. The first-order valence-corrected chi connectivity index (χ1v) is 7.52. The van der Waals surface area contributed by atoms with E-state index in [1.165, 1.54) is 18.2 Å². The van der Waals surface area contributed by atoms with E-state index in [-0.39, 0.29) is 10.7 Å². The fraction of sp³-hybridized carbons (Fsp3) is 0.0769. The smallest absolute Gasteiger partial charge is 0.408 e. The highest BCUT2D eigenvalue weighted by molar-refractivity contribution is 7.92. The fourth-order valence-corrected chi connectivity index (χ4v) is 2.92. The highest BCUT2D eigenvalue weighted by atomic mass is 32.2. The third-order valence-electron chi connectivity index (χ3n) is 2.83. The molecule has 0 aliphatic heterocycles. The van der Waals surface area contributed by atoms with Crippen molar-refractivity contribution >= 4 is 26.9 Å². The van der Waals surface area contributed by atoms with Crippen molar-refractivity contribution in [3.8, 4) is 0 Å². The summed E-state index contributed by atoms with van der Waals surface area (Å²) >= 11 is 0. The number of anilines is 1. The summed E-state index contributed by atoms with van der Waals surface area (Å²) in [5.41, 5.74) is 1.32. The fourth-order valence-electron chi connectivity index (χ4n) is 1.89. The van der Waals surface area contributed by atoms with Crippen LogP contribution in [0.4, 0.5) is 5.82 Å². The van der Waals surface area contributed by atoms with Gasteiger partial charge in [0.1, 0.15) is 5.82 Å². The molecule has 2 N–H and O–H groups in total. The number of aromatic nitrogens is 2. The van der Waals surface area contributed by atoms with Gasteiger partial charge in [0.05, 0.1) is 10.4 Å². The van der Waals surface area contributed by atoms with Crippen LogP contribution in [0.2, 0.25) is 0 Å². The van der Waals surface area contributed by atoms with Crippen LogP contribution in [0.3, 0.4) is 0 Å². The zero-order valence-electron chi connectivity index (χ0n) is 11.0. The standard InChI is InChI=1S/C13H11N3O4S/c1-8-3-2-4-12(14-8)16-21(18,19)9-5-6-11-10(7-9)15-13(17)20-11/h2-7H,1H3,(H,14,16)(H,15,17). The molecule has 108 valence electrons. The van der Waals surface area contributed by atoms with Gasteiger partial charge in [-0.25, -0.2) is 18.2 Å². The van der Waals surface area contributed by atoms with Gasteiger partial charge >= 0.3 is 5.76 Å². The molecule has 3 aromatic rings. The van der Waals surface area contributed by atoms with E-state index in [9.17, 15) is 13.2 Å². The highest BCUT2D eigenvalue weighted by Crippen LogP contribution is 2.19. The quantitative estimate of drug-likeness (QED) is 0.765. The van der Waals surface area contributed by atoms with Gasteiger partial charge in [0, 0.05) is 5.69 Å². The molecule has 0 fully saturated rings. The predicted molar refractivity (Wildman–Crippen MR) is 76.6 cm³/mol. The molecule has 2 heterocycles. The Bertz CT molecular complexity index is 972. The number of rotatable bonds is 3. The minimum atomic E-state index is -3.79. The minimum Gasteiger partial charge on any atom is -0.408 e. The van der Waals surface area contributed by atoms with Crippen LogP contribution in [0, 0.1) is 6.92 Å². The number of hydrogen-bond acceptors (Lipinski definition) is 5. The number of fused-ring (bicyclic) bond motifs is 1. The molecule has 0 spiro atoms. The van der Waals surface area contributed by atoms with E-state index < -0.39 is 15.8 Å². The summed E-state index contributed by atoms with van der Waals surface area (Å²) in [4.78, 5) is 17.6. The number of nitrogens with zero attached hydrogens (tertiary/aromatic N) is 1. The first-order valence-electron chi connectivity index (χ1n) is 6.03. The Kier molecular flexibility index (Phi) is 3.02. The summed E-state index contributed by atoms with van der Waals surface area (Å²) in [5.74, 6) is -0.399. The lowest BCUT2D eigenvalue weighted by atomic mass is 10.3. The van der Waals surface area contributed by atoms with Gasteiger partial charge in [0.25, 0.3) is 10.0 Å². The van der Waals surface area contributed by atoms with Crippen LogP contribution in [-0.4, -0.2) is 18.4 Å². The highest BCUT2D eigenvalue weighted by Gasteiger charge is 2.16. The maximum absolute atomic E-state index is 12.3. The Morgan fingerprint density at radius 3 is 2.81 bits per heavy atom. The van der Waals surface area contributed by atoms with E-state index in [0.29, 0.717) is 16.8 Å². The number of hydrogen-bond donors (Lipinski definition) is 2. The molecule has 8 heteroatoms. The molecule has 0 bridgehead atoms. The molecule has 7 nitrogen and oxygen atoms in total. The molecule has 0 unspecified atom stereocenters. The number of benzene rings is 1. The van der Waals surface area contributed by atoms with Gasteiger partial charge < -0.3 is 4.42 Å². The second-order valence-corrected chi connectivity index (χ2v) is 6.12. The number of oxazole rings is 1. The molecule has 3 rings (SSSR count). The van der Waals surface area contributed by atoms with Crippen molar-refractivity contribution in [3.63, 3.8) is 0 Å². The second kappa shape index (κ2) is 4.74. The van der Waals surface area contributed by atoms with E-state index in [1.54, 1.807) is 25.1 Å². The van der Waals surface area contributed by atoms with Crippen LogP contribution in [0.25, 0.3) is 11.1 Å². The van der Waals surface area contributed by atoms with E-state index in [0.717, 1.165) is 0 Å². The molecule has 2 aromatic heterocycles. The van der Waals surface area contributed by atoms with Crippen molar-refractivity contribution in [2.75, 3.05) is 4.72 Å². The topological polar surface area (TPSA) is 105 Å². The van der Waals surface area contributed by atoms with E-state index >= 15 is 0 Å². The number of sulfonamides is 1. The SMILES string of the molecule is Cc1cccc(NS(=O)(=O)c2ccc3oc(=O)[nH]c3c2)n1. The van der Waals surface area contributed by atoms with Crippen LogP contribution in [0.5, 0.6) is 0 Å². The first kappa shape index (κ1) is 13.4. The number of H-pyrrole nitrogens is 1. The number of pyridine rings is 1. The Labute approximate surface area is 119 Å². The summed E-state index contributed by atoms with van der Waals surface area (Å²) in [6.07, 6.45) is 0. The Morgan fingerprint density at radius 1 is 1.24 bits per heavy atom. The summed E-state index contributed by atoms with van der Waals surface area (Å²) in [6.45, 7) is 1.76. The normalized spacial score (nSPS) is 11.7. The zero-order valence-corrected chi connectivity index (χ0v) is 11.8. The molecule has 0 radical (unpaired) electrons. The van der Waals surface area contributed by atoms with Crippen molar-refractivity contribution in [3.05, 3.63) is 52.6 Å². The van der Waals surface area contributed by atoms with Crippen LogP contribution in [0.15, 0.2) is 50.5 Å². The summed E-state index contributed by atoms with van der Waals surface area (Å²) in [5, 5.41) is 0. The van der Waals surface area contributed by atoms with Gasteiger partial charge in [-0.15, -0.1) is 0 Å². The monoisotopic (exact) mass is 305 g/mol. The number of aryl methyl sites for hydroxylation is 1. The molecule has 0 saturated heterocycles. The predicted octanol–water partition coefficient (Wildman–Crippen LogP) is 1.63. The number of nitrogens with one attached hydrogen (secondary N) is 2. The Morgan fingerprint density at radius 2 is 2.05 bits per heavy atom. The van der Waals surface area contributed by atoms with Gasteiger partial charge in [-0.3, -0.25) is 9.71 Å². The van der Waals surface area contributed by atoms with Crippen LogP contribution >= 0.6 is 0 Å². The molecule has 21 heavy (non-hydrogen) atoms. The van der Waals surface area contributed by atoms with Crippen molar-refractivity contribution in [1.29, 1.82) is 0 Å². The minimum absolute atomic E-state index is 0.00959. The average Bonchev–Trinajstić information content (AvgIpc) is 2.77. The molecule has 0 aliphatic rings. The molecular weight excluding hydrogens is 294 g/mol. The maximum Gasteiger partial charge on any atom is 0.417 e. The first-order chi connectivity index (χ1) is 9.94. The lowest BCUT2D eigenvalue weighted by molar-refractivity contribution is 0.555. The summed E-state index contributed by atoms with van der Waals surface area (Å²) < 4.78 is 31.8. The summed E-state index contributed by atoms with van der Waals surface area (Å²) in [7, 11) is -3.79. The van der Waals surface area contributed by atoms with E-state index in [4.69, 9.17) is 4.42 Å². The maximum atomic E-state index is 12.3. The van der Waals surface area contributed by atoms with Crippen LogP contribution in [-0.2, 0) is 10.0 Å².